The lowest BCUT2D eigenvalue weighted by molar-refractivity contribution is 0.0529. The lowest BCUT2D eigenvalue weighted by atomic mass is 10.1. The Kier molecular flexibility index (Phi) is 15.1. The Balaban J connectivity index is 3.34. The van der Waals surface area contributed by atoms with Gasteiger partial charge in [0.2, 0.25) is 0 Å². The topological polar surface area (TPSA) is 27.7 Å². The molecule has 4 heteroatoms. The second-order valence-corrected chi connectivity index (χ2v) is 10.7. The van der Waals surface area contributed by atoms with Crippen LogP contribution in [0.4, 0.5) is 0 Å². The van der Waals surface area contributed by atoms with Crippen LogP contribution in [0.25, 0.3) is 0 Å². The Morgan fingerprint density at radius 2 is 1.29 bits per heavy atom. The second-order valence-electron chi connectivity index (χ2n) is 6.44. The molecule has 0 bridgehead atoms. The number of hydrogen-bond donors (Lipinski definition) is 0. The zero-order chi connectivity index (χ0) is 15.8. The number of ether oxygens (including phenoxy) is 2. The van der Waals surface area contributed by atoms with E-state index in [9.17, 15) is 0 Å². The quantitative estimate of drug-likeness (QED) is 0.296. The zero-order valence-electron chi connectivity index (χ0n) is 14.9. The van der Waals surface area contributed by atoms with E-state index in [-0.39, 0.29) is 0 Å². The van der Waals surface area contributed by atoms with Gasteiger partial charge in [-0.1, -0.05) is 58.3 Å². The standard InChI is InChI=1S/C17H38O3Si/c1-5-6-7-8-9-10-11-12-17-21(3,4)20-16-15-19-14-13-18-2/h5-17H2,1-4H3. The van der Waals surface area contributed by atoms with Crippen molar-refractivity contribution in [3.8, 4) is 0 Å². The van der Waals surface area contributed by atoms with E-state index in [0.29, 0.717) is 19.8 Å². The van der Waals surface area contributed by atoms with E-state index >= 15 is 0 Å². The fourth-order valence-corrected chi connectivity index (χ4v) is 4.26. The van der Waals surface area contributed by atoms with Gasteiger partial charge >= 0.3 is 0 Å². The van der Waals surface area contributed by atoms with Crippen LogP contribution < -0.4 is 0 Å². The van der Waals surface area contributed by atoms with Gasteiger partial charge in [-0.2, -0.15) is 0 Å². The molecule has 0 aromatic heterocycles. The van der Waals surface area contributed by atoms with Crippen molar-refractivity contribution in [1.82, 2.24) is 0 Å². The molecular formula is C17H38O3Si. The molecule has 0 saturated heterocycles. The van der Waals surface area contributed by atoms with Crippen LogP contribution in [0, 0.1) is 0 Å². The molecule has 0 radical (unpaired) electrons. The van der Waals surface area contributed by atoms with Crippen LogP contribution in [0.2, 0.25) is 19.1 Å². The molecule has 0 fully saturated rings. The van der Waals surface area contributed by atoms with Gasteiger partial charge in [-0.05, 0) is 19.1 Å². The number of rotatable bonds is 16. The average Bonchev–Trinajstić information content (AvgIpc) is 2.45. The van der Waals surface area contributed by atoms with Crippen molar-refractivity contribution in [3.05, 3.63) is 0 Å². The van der Waals surface area contributed by atoms with Crippen LogP contribution in [0.3, 0.4) is 0 Å². The summed E-state index contributed by atoms with van der Waals surface area (Å²) in [5.41, 5.74) is 0. The third kappa shape index (κ3) is 16.3. The smallest absolute Gasteiger partial charge is 0.186 e. The van der Waals surface area contributed by atoms with Gasteiger partial charge in [0, 0.05) is 7.11 Å². The number of methoxy groups -OCH3 is 1. The van der Waals surface area contributed by atoms with Crippen LogP contribution in [0.15, 0.2) is 0 Å². The largest absolute Gasteiger partial charge is 0.415 e. The van der Waals surface area contributed by atoms with Gasteiger partial charge in [0.1, 0.15) is 0 Å². The molecule has 0 amide bonds. The summed E-state index contributed by atoms with van der Waals surface area (Å²) in [4.78, 5) is 0. The molecule has 0 heterocycles. The van der Waals surface area contributed by atoms with Crippen LogP contribution in [0.5, 0.6) is 0 Å². The highest BCUT2D eigenvalue weighted by Crippen LogP contribution is 2.17. The fraction of sp³-hybridized carbons (Fsp3) is 1.00. The Hall–Kier alpha value is 0.0969. The summed E-state index contributed by atoms with van der Waals surface area (Å²) < 4.78 is 16.4. The first-order chi connectivity index (χ1) is 10.1. The van der Waals surface area contributed by atoms with E-state index in [0.717, 1.165) is 6.61 Å². The zero-order valence-corrected chi connectivity index (χ0v) is 15.9. The summed E-state index contributed by atoms with van der Waals surface area (Å²) >= 11 is 0. The molecule has 0 atom stereocenters. The molecule has 0 rings (SSSR count). The van der Waals surface area contributed by atoms with Gasteiger partial charge in [0.05, 0.1) is 26.4 Å². The highest BCUT2D eigenvalue weighted by atomic mass is 28.4. The maximum Gasteiger partial charge on any atom is 0.186 e. The second kappa shape index (κ2) is 15.0. The van der Waals surface area contributed by atoms with Gasteiger partial charge in [-0.3, -0.25) is 0 Å². The summed E-state index contributed by atoms with van der Waals surface area (Å²) in [5.74, 6) is 0. The van der Waals surface area contributed by atoms with Crippen LogP contribution in [-0.4, -0.2) is 41.9 Å². The summed E-state index contributed by atoms with van der Waals surface area (Å²) in [6.45, 7) is 9.68. The fourth-order valence-electron chi connectivity index (χ4n) is 2.38. The average molecular weight is 319 g/mol. The van der Waals surface area contributed by atoms with E-state index < -0.39 is 8.32 Å². The highest BCUT2D eigenvalue weighted by molar-refractivity contribution is 6.71. The Morgan fingerprint density at radius 1 is 0.714 bits per heavy atom. The molecule has 0 N–H and O–H groups in total. The minimum absolute atomic E-state index is 0.666. The molecule has 0 aromatic carbocycles. The molecule has 0 aliphatic carbocycles. The van der Waals surface area contributed by atoms with Crippen molar-refractivity contribution in [2.75, 3.05) is 33.5 Å². The SMILES string of the molecule is CCCCCCCCCC[Si](C)(C)OCCOCCOC. The van der Waals surface area contributed by atoms with Crippen molar-refractivity contribution in [1.29, 1.82) is 0 Å². The first kappa shape index (κ1) is 21.1. The number of unbranched alkanes of at least 4 members (excludes halogenated alkanes) is 7. The third-order valence-corrected chi connectivity index (χ3v) is 6.33. The predicted octanol–water partition coefficient (Wildman–Crippen LogP) is 5.01. The van der Waals surface area contributed by atoms with Gasteiger partial charge in [0.15, 0.2) is 8.32 Å². The molecule has 0 saturated carbocycles. The predicted molar refractivity (Wildman–Crippen MR) is 93.5 cm³/mol. The highest BCUT2D eigenvalue weighted by Gasteiger charge is 2.21. The van der Waals surface area contributed by atoms with Crippen molar-refractivity contribution in [3.63, 3.8) is 0 Å². The first-order valence-electron chi connectivity index (χ1n) is 8.83. The molecular weight excluding hydrogens is 280 g/mol. The van der Waals surface area contributed by atoms with Gasteiger partial charge < -0.3 is 13.9 Å². The minimum Gasteiger partial charge on any atom is -0.415 e. The Morgan fingerprint density at radius 3 is 1.90 bits per heavy atom. The maximum atomic E-state index is 6.04. The van der Waals surface area contributed by atoms with Crippen molar-refractivity contribution in [2.45, 2.75) is 77.4 Å². The maximum absolute atomic E-state index is 6.04. The van der Waals surface area contributed by atoms with Gasteiger partial charge in [0.25, 0.3) is 0 Å². The summed E-state index contributed by atoms with van der Waals surface area (Å²) in [6.07, 6.45) is 11.1. The van der Waals surface area contributed by atoms with Crippen LogP contribution in [0.1, 0.15) is 58.3 Å². The normalized spacial score (nSPS) is 12.0. The van der Waals surface area contributed by atoms with Crippen LogP contribution in [-0.2, 0) is 13.9 Å². The third-order valence-electron chi connectivity index (χ3n) is 3.78. The van der Waals surface area contributed by atoms with E-state index in [2.05, 4.69) is 20.0 Å². The van der Waals surface area contributed by atoms with E-state index in [1.807, 2.05) is 0 Å². The van der Waals surface area contributed by atoms with Gasteiger partial charge in [-0.15, -0.1) is 0 Å². The van der Waals surface area contributed by atoms with Gasteiger partial charge in [-0.25, -0.2) is 0 Å². The molecule has 0 unspecified atom stereocenters. The van der Waals surface area contributed by atoms with Crippen molar-refractivity contribution < 1.29 is 13.9 Å². The molecule has 0 aliphatic rings. The number of hydrogen-bond acceptors (Lipinski definition) is 3. The van der Waals surface area contributed by atoms with E-state index in [1.165, 1.54) is 57.4 Å². The molecule has 0 aliphatic heterocycles. The van der Waals surface area contributed by atoms with E-state index in [1.54, 1.807) is 7.11 Å². The summed E-state index contributed by atoms with van der Waals surface area (Å²) in [6, 6.07) is 1.28. The Bertz CT molecular complexity index is 210. The van der Waals surface area contributed by atoms with Crippen LogP contribution >= 0.6 is 0 Å². The molecule has 128 valence electrons. The monoisotopic (exact) mass is 318 g/mol. The summed E-state index contributed by atoms with van der Waals surface area (Å²) in [7, 11) is 0.230. The van der Waals surface area contributed by atoms with Crippen molar-refractivity contribution >= 4 is 8.32 Å². The van der Waals surface area contributed by atoms with Crippen molar-refractivity contribution in [2.24, 2.45) is 0 Å². The molecule has 3 nitrogen and oxygen atoms in total. The summed E-state index contributed by atoms with van der Waals surface area (Å²) in [5, 5.41) is 0. The lowest BCUT2D eigenvalue weighted by Gasteiger charge is -2.22. The lowest BCUT2D eigenvalue weighted by Crippen LogP contribution is -2.31. The molecule has 0 spiro atoms. The van der Waals surface area contributed by atoms with E-state index in [4.69, 9.17) is 13.9 Å². The minimum atomic E-state index is -1.46. The molecule has 0 aromatic rings. The molecule has 21 heavy (non-hydrogen) atoms. The Labute approximate surface area is 133 Å². The first-order valence-corrected chi connectivity index (χ1v) is 11.9.